The van der Waals surface area contributed by atoms with Gasteiger partial charge >= 0.3 is 0 Å². The van der Waals surface area contributed by atoms with Crippen molar-refractivity contribution in [1.82, 2.24) is 9.62 Å². The van der Waals surface area contributed by atoms with Crippen LogP contribution in [0.2, 0.25) is 0 Å². The Bertz CT molecular complexity index is 688. The van der Waals surface area contributed by atoms with E-state index < -0.39 is 10.0 Å². The third-order valence-corrected chi connectivity index (χ3v) is 7.14. The van der Waals surface area contributed by atoms with Gasteiger partial charge in [-0.25, -0.2) is 8.42 Å². The first-order valence-corrected chi connectivity index (χ1v) is 10.4. The molecule has 0 bridgehead atoms. The number of benzene rings is 1. The number of nitrogens with one attached hydrogen (secondary N) is 1. The number of amides is 1. The fourth-order valence-electron chi connectivity index (χ4n) is 3.64. The molecule has 1 saturated heterocycles. The largest absolute Gasteiger partial charge is 0.497 e. The van der Waals surface area contributed by atoms with Crippen LogP contribution in [0.15, 0.2) is 29.2 Å². The fraction of sp³-hybridized carbons (Fsp3) is 0.611. The molecule has 1 aromatic carbocycles. The molecule has 1 aromatic rings. The Hall–Kier alpha value is -1.60. The lowest BCUT2D eigenvalue weighted by atomic mass is 10.0. The number of ether oxygens (including phenoxy) is 1. The molecule has 1 N–H and O–H groups in total. The summed E-state index contributed by atoms with van der Waals surface area (Å²) in [4.78, 5) is 12.5. The van der Waals surface area contributed by atoms with E-state index in [1.54, 1.807) is 31.4 Å². The van der Waals surface area contributed by atoms with Crippen LogP contribution in [-0.4, -0.2) is 44.9 Å². The van der Waals surface area contributed by atoms with Crippen LogP contribution in [0.5, 0.6) is 5.75 Å². The Labute approximate surface area is 149 Å². The highest BCUT2D eigenvalue weighted by Gasteiger charge is 2.31. The highest BCUT2D eigenvalue weighted by Crippen LogP contribution is 2.26. The fourth-order valence-corrected chi connectivity index (χ4v) is 5.11. The molecular weight excluding hydrogens is 340 g/mol. The molecule has 1 heterocycles. The predicted molar refractivity (Wildman–Crippen MR) is 94.9 cm³/mol. The number of nitrogens with zero attached hydrogens (tertiary/aromatic N) is 1. The van der Waals surface area contributed by atoms with Crippen molar-refractivity contribution < 1.29 is 17.9 Å². The second-order valence-corrected chi connectivity index (χ2v) is 8.78. The van der Waals surface area contributed by atoms with Crippen molar-refractivity contribution >= 4 is 15.9 Å². The smallest absolute Gasteiger partial charge is 0.243 e. The van der Waals surface area contributed by atoms with Crippen LogP contribution in [-0.2, 0) is 14.8 Å². The standard InChI is InChI=1S/C18H26N2O4S/c1-24-16-6-8-17(9-7-16)25(22,23)20-12-10-15(11-13-20)19-18(21)14-4-2-3-5-14/h6-9,14-15H,2-5,10-13H2,1H3,(H,19,21). The molecule has 1 amide bonds. The van der Waals surface area contributed by atoms with Crippen LogP contribution in [0.25, 0.3) is 0 Å². The van der Waals surface area contributed by atoms with Gasteiger partial charge in [-0.2, -0.15) is 4.31 Å². The molecule has 2 fully saturated rings. The number of rotatable bonds is 5. The first-order valence-electron chi connectivity index (χ1n) is 8.95. The molecule has 0 unspecified atom stereocenters. The van der Waals surface area contributed by atoms with Gasteiger partial charge in [0, 0.05) is 25.0 Å². The zero-order valence-corrected chi connectivity index (χ0v) is 15.4. The van der Waals surface area contributed by atoms with E-state index in [0.29, 0.717) is 31.7 Å². The SMILES string of the molecule is COc1ccc(S(=O)(=O)N2CCC(NC(=O)C3CCCC3)CC2)cc1. The Morgan fingerprint density at radius 2 is 1.68 bits per heavy atom. The van der Waals surface area contributed by atoms with Gasteiger partial charge in [0.1, 0.15) is 5.75 Å². The van der Waals surface area contributed by atoms with E-state index in [9.17, 15) is 13.2 Å². The van der Waals surface area contributed by atoms with E-state index in [1.807, 2.05) is 0 Å². The summed E-state index contributed by atoms with van der Waals surface area (Å²) in [5.41, 5.74) is 0. The first-order chi connectivity index (χ1) is 12.0. The molecular formula is C18H26N2O4S. The number of hydrogen-bond acceptors (Lipinski definition) is 4. The van der Waals surface area contributed by atoms with Crippen molar-refractivity contribution in [2.45, 2.75) is 49.5 Å². The summed E-state index contributed by atoms with van der Waals surface area (Å²) >= 11 is 0. The second-order valence-electron chi connectivity index (χ2n) is 6.84. The van der Waals surface area contributed by atoms with Gasteiger partial charge in [-0.3, -0.25) is 4.79 Å². The lowest BCUT2D eigenvalue weighted by Crippen LogP contribution is -2.47. The van der Waals surface area contributed by atoms with Gasteiger partial charge in [0.15, 0.2) is 0 Å². The van der Waals surface area contributed by atoms with Gasteiger partial charge in [-0.05, 0) is 49.9 Å². The third kappa shape index (κ3) is 4.15. The lowest BCUT2D eigenvalue weighted by molar-refractivity contribution is -0.125. The summed E-state index contributed by atoms with van der Waals surface area (Å²) < 4.78 is 32.0. The summed E-state index contributed by atoms with van der Waals surface area (Å²) in [6.07, 6.45) is 5.56. The zero-order chi connectivity index (χ0) is 17.9. The molecule has 0 radical (unpaired) electrons. The first kappa shape index (κ1) is 18.2. The van der Waals surface area contributed by atoms with Gasteiger partial charge in [-0.1, -0.05) is 12.8 Å². The van der Waals surface area contributed by atoms with Crippen molar-refractivity contribution in [3.63, 3.8) is 0 Å². The van der Waals surface area contributed by atoms with Crippen LogP contribution in [0.4, 0.5) is 0 Å². The Balaban J connectivity index is 1.56. The van der Waals surface area contributed by atoms with Crippen LogP contribution >= 0.6 is 0 Å². The van der Waals surface area contributed by atoms with Crippen LogP contribution < -0.4 is 10.1 Å². The van der Waals surface area contributed by atoms with E-state index in [1.165, 1.54) is 4.31 Å². The number of piperidine rings is 1. The molecule has 1 aliphatic heterocycles. The van der Waals surface area contributed by atoms with E-state index in [4.69, 9.17) is 4.74 Å². The van der Waals surface area contributed by atoms with E-state index >= 15 is 0 Å². The number of carbonyl (C=O) groups excluding carboxylic acids is 1. The molecule has 0 aromatic heterocycles. The van der Waals surface area contributed by atoms with E-state index in [0.717, 1.165) is 25.7 Å². The van der Waals surface area contributed by atoms with Gasteiger partial charge in [0.2, 0.25) is 15.9 Å². The third-order valence-electron chi connectivity index (χ3n) is 5.22. The topological polar surface area (TPSA) is 75.7 Å². The maximum atomic E-state index is 12.7. The Morgan fingerprint density at radius 3 is 2.24 bits per heavy atom. The molecule has 1 saturated carbocycles. The van der Waals surface area contributed by atoms with Gasteiger partial charge < -0.3 is 10.1 Å². The molecule has 2 aliphatic rings. The predicted octanol–water partition coefficient (Wildman–Crippen LogP) is 2.15. The summed E-state index contributed by atoms with van der Waals surface area (Å²) in [7, 11) is -1.94. The van der Waals surface area contributed by atoms with Gasteiger partial charge in [-0.15, -0.1) is 0 Å². The molecule has 138 valence electrons. The molecule has 3 rings (SSSR count). The van der Waals surface area contributed by atoms with E-state index in [2.05, 4.69) is 5.32 Å². The average Bonchev–Trinajstić information content (AvgIpc) is 3.17. The summed E-state index contributed by atoms with van der Waals surface area (Å²) in [5.74, 6) is 0.933. The normalized spacial score (nSPS) is 20.5. The molecule has 7 heteroatoms. The zero-order valence-electron chi connectivity index (χ0n) is 14.6. The molecule has 0 atom stereocenters. The van der Waals surface area contributed by atoms with Crippen molar-refractivity contribution in [3.8, 4) is 5.75 Å². The lowest BCUT2D eigenvalue weighted by Gasteiger charge is -2.32. The van der Waals surface area contributed by atoms with Crippen LogP contribution in [0, 0.1) is 5.92 Å². The highest BCUT2D eigenvalue weighted by atomic mass is 32.2. The Morgan fingerprint density at radius 1 is 1.08 bits per heavy atom. The molecule has 25 heavy (non-hydrogen) atoms. The Kier molecular flexibility index (Phi) is 5.64. The second kappa shape index (κ2) is 7.74. The monoisotopic (exact) mass is 366 g/mol. The van der Waals surface area contributed by atoms with Crippen molar-refractivity contribution in [3.05, 3.63) is 24.3 Å². The van der Waals surface area contributed by atoms with Crippen molar-refractivity contribution in [1.29, 1.82) is 0 Å². The molecule has 6 nitrogen and oxygen atoms in total. The number of carbonyl (C=O) groups is 1. The van der Waals surface area contributed by atoms with Crippen molar-refractivity contribution in [2.75, 3.05) is 20.2 Å². The summed E-state index contributed by atoms with van der Waals surface area (Å²) in [6, 6.07) is 6.53. The van der Waals surface area contributed by atoms with Crippen molar-refractivity contribution in [2.24, 2.45) is 5.92 Å². The van der Waals surface area contributed by atoms with Gasteiger partial charge in [0.05, 0.1) is 12.0 Å². The van der Waals surface area contributed by atoms with E-state index in [-0.39, 0.29) is 22.8 Å². The van der Waals surface area contributed by atoms with Crippen LogP contribution in [0.1, 0.15) is 38.5 Å². The molecule has 1 aliphatic carbocycles. The highest BCUT2D eigenvalue weighted by molar-refractivity contribution is 7.89. The average molecular weight is 366 g/mol. The van der Waals surface area contributed by atoms with Gasteiger partial charge in [0.25, 0.3) is 0 Å². The minimum Gasteiger partial charge on any atom is -0.497 e. The summed E-state index contributed by atoms with van der Waals surface area (Å²) in [5, 5.41) is 3.11. The maximum absolute atomic E-state index is 12.7. The maximum Gasteiger partial charge on any atom is 0.243 e. The summed E-state index contributed by atoms with van der Waals surface area (Å²) in [6.45, 7) is 0.869. The number of sulfonamides is 1. The number of hydrogen-bond donors (Lipinski definition) is 1. The number of methoxy groups -OCH3 is 1. The van der Waals surface area contributed by atoms with Crippen LogP contribution in [0.3, 0.4) is 0 Å². The quantitative estimate of drug-likeness (QED) is 0.866. The minimum absolute atomic E-state index is 0.0791. The molecule has 0 spiro atoms. The minimum atomic E-state index is -3.49.